The molecule has 108 valence electrons. The average Bonchev–Trinajstić information content (AvgIpc) is 2.45. The summed E-state index contributed by atoms with van der Waals surface area (Å²) in [6.45, 7) is 2.67. The normalized spacial score (nSPS) is 10.5. The van der Waals surface area contributed by atoms with Crippen LogP contribution in [-0.2, 0) is 6.42 Å². The lowest BCUT2D eigenvalue weighted by Crippen LogP contribution is -2.12. The fourth-order valence-corrected chi connectivity index (χ4v) is 2.89. The Morgan fingerprint density at radius 3 is 2.53 bits per heavy atom. The van der Waals surface area contributed by atoms with Gasteiger partial charge in [0.05, 0.1) is 19.1 Å². The monoisotopic (exact) mass is 285 g/mol. The number of unbranched alkanes of at least 4 members (excludes halogenated alkanes) is 1. The van der Waals surface area contributed by atoms with E-state index in [1.165, 1.54) is 12.8 Å². The Morgan fingerprint density at radius 2 is 1.95 bits per heavy atom. The summed E-state index contributed by atoms with van der Waals surface area (Å²) < 4.78 is 10.8. The highest BCUT2D eigenvalue weighted by atomic mass is 32.2. The molecule has 0 saturated heterocycles. The third-order valence-electron chi connectivity index (χ3n) is 2.83. The second-order valence-electron chi connectivity index (χ2n) is 4.18. The lowest BCUT2D eigenvalue weighted by atomic mass is 10.1. The van der Waals surface area contributed by atoms with Crippen molar-refractivity contribution in [1.29, 1.82) is 0 Å². The average molecular weight is 285 g/mol. The SMILES string of the molecule is CCCCSc1cc(OC)c(CCNO)cc1OC. The summed E-state index contributed by atoms with van der Waals surface area (Å²) in [6, 6.07) is 4.01. The second kappa shape index (κ2) is 9.07. The molecule has 4 nitrogen and oxygen atoms in total. The summed E-state index contributed by atoms with van der Waals surface area (Å²) in [5.41, 5.74) is 3.19. The summed E-state index contributed by atoms with van der Waals surface area (Å²) in [5, 5.41) is 8.69. The fraction of sp³-hybridized carbons (Fsp3) is 0.571. The second-order valence-corrected chi connectivity index (χ2v) is 5.31. The highest BCUT2D eigenvalue weighted by molar-refractivity contribution is 7.99. The van der Waals surface area contributed by atoms with Crippen LogP contribution in [-0.4, -0.2) is 31.7 Å². The van der Waals surface area contributed by atoms with Crippen molar-refractivity contribution in [2.24, 2.45) is 0 Å². The maximum Gasteiger partial charge on any atom is 0.132 e. The molecule has 5 heteroatoms. The number of hydrogen-bond donors (Lipinski definition) is 2. The van der Waals surface area contributed by atoms with E-state index in [0.29, 0.717) is 13.0 Å². The van der Waals surface area contributed by atoms with Gasteiger partial charge < -0.3 is 14.7 Å². The van der Waals surface area contributed by atoms with E-state index in [0.717, 1.165) is 27.7 Å². The maximum atomic E-state index is 8.69. The van der Waals surface area contributed by atoms with Gasteiger partial charge in [-0.25, -0.2) is 5.48 Å². The molecule has 0 aliphatic rings. The molecular weight excluding hydrogens is 262 g/mol. The molecule has 2 N–H and O–H groups in total. The highest BCUT2D eigenvalue weighted by Gasteiger charge is 2.11. The third kappa shape index (κ3) is 4.93. The molecule has 0 heterocycles. The molecule has 0 spiro atoms. The van der Waals surface area contributed by atoms with Crippen molar-refractivity contribution in [3.05, 3.63) is 17.7 Å². The largest absolute Gasteiger partial charge is 0.496 e. The molecule has 0 unspecified atom stereocenters. The van der Waals surface area contributed by atoms with Crippen molar-refractivity contribution in [3.63, 3.8) is 0 Å². The van der Waals surface area contributed by atoms with Gasteiger partial charge in [-0.15, -0.1) is 11.8 Å². The molecule has 0 atom stereocenters. The molecule has 0 bridgehead atoms. The van der Waals surface area contributed by atoms with Gasteiger partial charge in [0.1, 0.15) is 11.5 Å². The zero-order valence-electron chi connectivity index (χ0n) is 11.9. The van der Waals surface area contributed by atoms with Crippen molar-refractivity contribution in [3.8, 4) is 11.5 Å². The van der Waals surface area contributed by atoms with Gasteiger partial charge in [-0.2, -0.15) is 0 Å². The molecule has 1 aromatic rings. The van der Waals surface area contributed by atoms with E-state index in [9.17, 15) is 0 Å². The molecule has 0 aliphatic heterocycles. The minimum Gasteiger partial charge on any atom is -0.496 e. The number of ether oxygens (including phenoxy) is 2. The van der Waals surface area contributed by atoms with Crippen molar-refractivity contribution in [2.45, 2.75) is 31.1 Å². The number of benzene rings is 1. The fourth-order valence-electron chi connectivity index (χ4n) is 1.76. The van der Waals surface area contributed by atoms with Crippen LogP contribution in [0.1, 0.15) is 25.3 Å². The van der Waals surface area contributed by atoms with E-state index in [1.54, 1.807) is 26.0 Å². The molecule has 0 saturated carbocycles. The van der Waals surface area contributed by atoms with E-state index in [4.69, 9.17) is 14.7 Å². The Kier molecular flexibility index (Phi) is 7.70. The molecule has 19 heavy (non-hydrogen) atoms. The highest BCUT2D eigenvalue weighted by Crippen LogP contribution is 2.36. The summed E-state index contributed by atoms with van der Waals surface area (Å²) >= 11 is 1.79. The number of hydrogen-bond acceptors (Lipinski definition) is 5. The third-order valence-corrected chi connectivity index (χ3v) is 3.95. The first kappa shape index (κ1) is 16.1. The summed E-state index contributed by atoms with van der Waals surface area (Å²) in [5.74, 6) is 2.79. The molecule has 0 aliphatic carbocycles. The van der Waals surface area contributed by atoms with E-state index < -0.39 is 0 Å². The molecule has 0 radical (unpaired) electrons. The molecular formula is C14H23NO3S. The van der Waals surface area contributed by atoms with Crippen LogP contribution >= 0.6 is 11.8 Å². The van der Waals surface area contributed by atoms with Gasteiger partial charge in [0.25, 0.3) is 0 Å². The van der Waals surface area contributed by atoms with Crippen molar-refractivity contribution in [1.82, 2.24) is 5.48 Å². The maximum absolute atomic E-state index is 8.69. The minimum atomic E-state index is 0.488. The van der Waals surface area contributed by atoms with Gasteiger partial charge >= 0.3 is 0 Å². The van der Waals surface area contributed by atoms with E-state index in [-0.39, 0.29) is 0 Å². The Balaban J connectivity index is 2.91. The number of hydroxylamine groups is 1. The Labute approximate surface area is 119 Å². The van der Waals surface area contributed by atoms with Gasteiger partial charge in [-0.3, -0.25) is 0 Å². The number of rotatable bonds is 9. The number of nitrogens with one attached hydrogen (secondary N) is 1. The Bertz CT molecular complexity index is 385. The van der Waals surface area contributed by atoms with Crippen LogP contribution in [0, 0.1) is 0 Å². The quantitative estimate of drug-likeness (QED) is 0.415. The Morgan fingerprint density at radius 1 is 1.21 bits per heavy atom. The smallest absolute Gasteiger partial charge is 0.132 e. The van der Waals surface area contributed by atoms with Crippen molar-refractivity contribution >= 4 is 11.8 Å². The van der Waals surface area contributed by atoms with Gasteiger partial charge in [0, 0.05) is 6.54 Å². The van der Waals surface area contributed by atoms with Crippen LogP contribution in [0.4, 0.5) is 0 Å². The van der Waals surface area contributed by atoms with E-state index in [2.05, 4.69) is 12.4 Å². The predicted molar refractivity (Wildman–Crippen MR) is 78.7 cm³/mol. The first-order valence-corrected chi connectivity index (χ1v) is 7.50. The lowest BCUT2D eigenvalue weighted by Gasteiger charge is -2.14. The van der Waals surface area contributed by atoms with Crippen molar-refractivity contribution in [2.75, 3.05) is 26.5 Å². The van der Waals surface area contributed by atoms with E-state index >= 15 is 0 Å². The van der Waals surface area contributed by atoms with Crippen LogP contribution in [0.3, 0.4) is 0 Å². The van der Waals surface area contributed by atoms with Crippen LogP contribution in [0.15, 0.2) is 17.0 Å². The van der Waals surface area contributed by atoms with Gasteiger partial charge in [0.15, 0.2) is 0 Å². The zero-order valence-corrected chi connectivity index (χ0v) is 12.7. The van der Waals surface area contributed by atoms with E-state index in [1.807, 2.05) is 12.1 Å². The number of thioether (sulfide) groups is 1. The summed E-state index contributed by atoms with van der Waals surface area (Å²) in [4.78, 5) is 1.11. The van der Waals surface area contributed by atoms with Crippen LogP contribution in [0.5, 0.6) is 11.5 Å². The summed E-state index contributed by atoms with van der Waals surface area (Å²) in [7, 11) is 3.35. The van der Waals surface area contributed by atoms with Crippen molar-refractivity contribution < 1.29 is 14.7 Å². The Hall–Kier alpha value is -0.910. The first-order valence-electron chi connectivity index (χ1n) is 6.51. The molecule has 1 aromatic carbocycles. The van der Waals surface area contributed by atoms with Crippen LogP contribution in [0.2, 0.25) is 0 Å². The zero-order chi connectivity index (χ0) is 14.1. The van der Waals surface area contributed by atoms with Gasteiger partial charge in [-0.1, -0.05) is 13.3 Å². The van der Waals surface area contributed by atoms with Gasteiger partial charge in [0.2, 0.25) is 0 Å². The molecule has 0 amide bonds. The predicted octanol–water partition coefficient (Wildman–Crippen LogP) is 3.12. The van der Waals surface area contributed by atoms with Gasteiger partial charge in [-0.05, 0) is 36.3 Å². The first-order chi connectivity index (χ1) is 9.26. The standard InChI is InChI=1S/C14H23NO3S/c1-4-5-8-19-14-10-12(17-2)11(6-7-15-16)9-13(14)18-3/h9-10,15-16H,4-8H2,1-3H3. The van der Waals surface area contributed by atoms with Crippen LogP contribution < -0.4 is 15.0 Å². The molecule has 0 aromatic heterocycles. The minimum absolute atomic E-state index is 0.488. The molecule has 0 fully saturated rings. The topological polar surface area (TPSA) is 50.7 Å². The molecule has 1 rings (SSSR count). The summed E-state index contributed by atoms with van der Waals surface area (Å²) in [6.07, 6.45) is 3.06. The van der Waals surface area contributed by atoms with Crippen LogP contribution in [0.25, 0.3) is 0 Å². The number of methoxy groups -OCH3 is 2. The lowest BCUT2D eigenvalue weighted by molar-refractivity contribution is 0.168.